The van der Waals surface area contributed by atoms with Crippen LogP contribution in [0.1, 0.15) is 31.0 Å². The van der Waals surface area contributed by atoms with E-state index in [1.54, 1.807) is 11.3 Å². The third kappa shape index (κ3) is 5.46. The molecule has 0 bridgehead atoms. The Morgan fingerprint density at radius 1 is 0.872 bits per heavy atom. The molecule has 0 saturated carbocycles. The van der Waals surface area contributed by atoms with Crippen LogP contribution in [-0.4, -0.2) is 63.0 Å². The Labute approximate surface area is 232 Å². The molecule has 0 unspecified atom stereocenters. The Bertz CT molecular complexity index is 1620. The number of thiazole rings is 1. The van der Waals surface area contributed by atoms with Crippen molar-refractivity contribution in [3.63, 3.8) is 0 Å². The van der Waals surface area contributed by atoms with E-state index in [4.69, 9.17) is 15.0 Å². The number of hydrogen-bond donors (Lipinski definition) is 1. The van der Waals surface area contributed by atoms with E-state index in [1.807, 2.05) is 37.5 Å². The fraction of sp³-hybridized carbons (Fsp3) is 0.300. The van der Waals surface area contributed by atoms with Crippen LogP contribution in [0.15, 0.2) is 60.9 Å². The highest BCUT2D eigenvalue weighted by atomic mass is 32.1. The van der Waals surface area contributed by atoms with Crippen molar-refractivity contribution in [2.24, 2.45) is 0 Å². The van der Waals surface area contributed by atoms with E-state index in [0.29, 0.717) is 11.7 Å². The average Bonchev–Trinajstić information content (AvgIpc) is 3.37. The molecule has 39 heavy (non-hydrogen) atoms. The Hall–Kier alpha value is -3.95. The minimum atomic E-state index is 0.396. The molecule has 9 heteroatoms. The Morgan fingerprint density at radius 3 is 2.51 bits per heavy atom. The van der Waals surface area contributed by atoms with Crippen LogP contribution in [0.2, 0.25) is 0 Å². The fourth-order valence-corrected chi connectivity index (χ4v) is 5.76. The van der Waals surface area contributed by atoms with Gasteiger partial charge < -0.3 is 15.1 Å². The van der Waals surface area contributed by atoms with Crippen LogP contribution < -0.4 is 10.2 Å². The molecule has 0 spiro atoms. The lowest BCUT2D eigenvalue weighted by molar-refractivity contribution is 0.311. The summed E-state index contributed by atoms with van der Waals surface area (Å²) in [5.74, 6) is 2.61. The zero-order valence-corrected chi connectivity index (χ0v) is 23.5. The summed E-state index contributed by atoms with van der Waals surface area (Å²) in [6, 6.07) is 16.6. The number of rotatable bonds is 6. The molecule has 4 aromatic heterocycles. The summed E-state index contributed by atoms with van der Waals surface area (Å²) in [6.45, 7) is 10.3. The van der Waals surface area contributed by atoms with Gasteiger partial charge in [0.2, 0.25) is 5.95 Å². The zero-order chi connectivity index (χ0) is 26.9. The first-order chi connectivity index (χ1) is 18.9. The van der Waals surface area contributed by atoms with Gasteiger partial charge in [-0.2, -0.15) is 4.98 Å². The summed E-state index contributed by atoms with van der Waals surface area (Å²) >= 11 is 1.65. The molecule has 5 aromatic rings. The van der Waals surface area contributed by atoms with Crippen molar-refractivity contribution in [2.75, 3.05) is 43.4 Å². The number of benzene rings is 1. The second kappa shape index (κ2) is 10.7. The first-order valence-corrected chi connectivity index (χ1v) is 14.1. The molecule has 0 aliphatic carbocycles. The number of anilines is 3. The van der Waals surface area contributed by atoms with Gasteiger partial charge in [-0.05, 0) is 37.6 Å². The topological polar surface area (TPSA) is 83.0 Å². The second-order valence-corrected chi connectivity index (χ2v) is 11.4. The summed E-state index contributed by atoms with van der Waals surface area (Å²) < 4.78 is 1.04. The maximum absolute atomic E-state index is 4.97. The van der Waals surface area contributed by atoms with Gasteiger partial charge in [0, 0.05) is 67.5 Å². The number of likely N-dealkylation sites (N-methyl/N-ethyl adjacent to an activating group) is 1. The van der Waals surface area contributed by atoms with Crippen LogP contribution in [0, 0.1) is 6.92 Å². The normalized spacial score (nSPS) is 14.3. The lowest BCUT2D eigenvalue weighted by Crippen LogP contribution is -2.45. The van der Waals surface area contributed by atoms with E-state index in [-0.39, 0.29) is 0 Å². The highest BCUT2D eigenvalue weighted by molar-refractivity contribution is 7.21. The molecule has 8 nitrogen and oxygen atoms in total. The van der Waals surface area contributed by atoms with Gasteiger partial charge in [0.25, 0.3) is 0 Å². The molecule has 6 rings (SSSR count). The number of nitrogens with zero attached hydrogens (tertiary/aromatic N) is 7. The molecule has 1 aliphatic rings. The first-order valence-electron chi connectivity index (χ1n) is 13.3. The van der Waals surface area contributed by atoms with Gasteiger partial charge in [0.15, 0.2) is 0 Å². The van der Waals surface area contributed by atoms with Crippen molar-refractivity contribution < 1.29 is 0 Å². The summed E-state index contributed by atoms with van der Waals surface area (Å²) in [6.07, 6.45) is 3.74. The number of aryl methyl sites for hydroxylation is 1. The van der Waals surface area contributed by atoms with E-state index in [2.05, 4.69) is 76.3 Å². The molecule has 1 fully saturated rings. The number of nitrogens with one attached hydrogen (secondary N) is 1. The minimum absolute atomic E-state index is 0.396. The summed E-state index contributed by atoms with van der Waals surface area (Å²) in [4.78, 5) is 28.3. The first kappa shape index (κ1) is 25.3. The Morgan fingerprint density at radius 2 is 1.69 bits per heavy atom. The van der Waals surface area contributed by atoms with Crippen LogP contribution >= 0.6 is 11.3 Å². The third-order valence-electron chi connectivity index (χ3n) is 7.00. The largest absolute Gasteiger partial charge is 0.338 e. The summed E-state index contributed by atoms with van der Waals surface area (Å²) in [5.41, 5.74) is 6.28. The second-order valence-electron chi connectivity index (χ2n) is 10.3. The van der Waals surface area contributed by atoms with Crippen LogP contribution in [0.5, 0.6) is 0 Å². The number of fused-ring (bicyclic) bond motifs is 1. The maximum Gasteiger partial charge on any atom is 0.227 e. The molecule has 1 aliphatic heterocycles. The lowest BCUT2D eigenvalue weighted by atomic mass is 9.96. The number of piperazine rings is 1. The van der Waals surface area contributed by atoms with Crippen LogP contribution in [0.3, 0.4) is 0 Å². The van der Waals surface area contributed by atoms with E-state index in [9.17, 15) is 0 Å². The molecule has 0 radical (unpaired) electrons. The van der Waals surface area contributed by atoms with Gasteiger partial charge in [-0.15, -0.1) is 11.3 Å². The molecule has 198 valence electrons. The van der Waals surface area contributed by atoms with Gasteiger partial charge in [-0.1, -0.05) is 38.1 Å². The van der Waals surface area contributed by atoms with Gasteiger partial charge in [-0.25, -0.2) is 15.0 Å². The highest BCUT2D eigenvalue weighted by Gasteiger charge is 2.18. The minimum Gasteiger partial charge on any atom is -0.338 e. The zero-order valence-electron chi connectivity index (χ0n) is 22.7. The van der Waals surface area contributed by atoms with Crippen molar-refractivity contribution in [1.29, 1.82) is 0 Å². The molecule has 0 atom stereocenters. The van der Waals surface area contributed by atoms with Crippen molar-refractivity contribution >= 4 is 39.1 Å². The quantitative estimate of drug-likeness (QED) is 0.277. The van der Waals surface area contributed by atoms with Gasteiger partial charge in [-0.3, -0.25) is 4.98 Å². The summed E-state index contributed by atoms with van der Waals surface area (Å²) in [7, 11) is 2.15. The molecule has 1 saturated heterocycles. The van der Waals surface area contributed by atoms with Crippen molar-refractivity contribution in [1.82, 2.24) is 29.8 Å². The van der Waals surface area contributed by atoms with Crippen molar-refractivity contribution in [2.45, 2.75) is 26.7 Å². The SMILES string of the molecule is Cc1cc(Nc2cc3nc(-c4cccc(-c5ncccc5C(C)C)c4)sc3cn2)nc(N2CCN(C)CC2)n1. The van der Waals surface area contributed by atoms with Crippen LogP contribution in [0.4, 0.5) is 17.6 Å². The van der Waals surface area contributed by atoms with Gasteiger partial charge in [0.1, 0.15) is 16.6 Å². The predicted octanol–water partition coefficient (Wildman–Crippen LogP) is 6.14. The number of pyridine rings is 2. The monoisotopic (exact) mass is 536 g/mol. The Balaban J connectivity index is 1.26. The number of aromatic nitrogens is 5. The molecule has 1 N–H and O–H groups in total. The molecule has 5 heterocycles. The highest BCUT2D eigenvalue weighted by Crippen LogP contribution is 2.34. The van der Waals surface area contributed by atoms with E-state index in [0.717, 1.165) is 75.7 Å². The maximum atomic E-state index is 4.97. The van der Waals surface area contributed by atoms with E-state index >= 15 is 0 Å². The number of hydrogen-bond acceptors (Lipinski definition) is 9. The van der Waals surface area contributed by atoms with Crippen LogP contribution in [0.25, 0.3) is 32.0 Å². The predicted molar refractivity (Wildman–Crippen MR) is 160 cm³/mol. The fourth-order valence-electron chi connectivity index (χ4n) is 4.85. The average molecular weight is 537 g/mol. The molecule has 0 amide bonds. The Kier molecular flexibility index (Phi) is 6.93. The molecular formula is C30H32N8S. The van der Waals surface area contributed by atoms with Crippen molar-refractivity contribution in [3.05, 3.63) is 72.2 Å². The summed E-state index contributed by atoms with van der Waals surface area (Å²) in [5, 5.41) is 4.34. The lowest BCUT2D eigenvalue weighted by Gasteiger charge is -2.32. The van der Waals surface area contributed by atoms with Crippen molar-refractivity contribution in [3.8, 4) is 21.8 Å². The third-order valence-corrected chi connectivity index (χ3v) is 8.06. The van der Waals surface area contributed by atoms with Crippen LogP contribution in [-0.2, 0) is 0 Å². The van der Waals surface area contributed by atoms with E-state index in [1.165, 1.54) is 5.56 Å². The smallest absolute Gasteiger partial charge is 0.227 e. The van der Waals surface area contributed by atoms with Gasteiger partial charge >= 0.3 is 0 Å². The molecule has 1 aromatic carbocycles. The van der Waals surface area contributed by atoms with E-state index < -0.39 is 0 Å². The molecular weight excluding hydrogens is 504 g/mol. The standard InChI is InChI=1S/C30H32N8S/c1-19(2)23-9-6-10-31-28(23)21-7-5-8-22(16-21)29-34-24-17-26(32-18-25(24)39-29)35-27-15-20(3)33-30(36-27)38-13-11-37(4)12-14-38/h5-10,15-19H,11-14H2,1-4H3,(H,32,33,35,36). The van der Waals surface area contributed by atoms with Gasteiger partial charge in [0.05, 0.1) is 15.9 Å².